The van der Waals surface area contributed by atoms with Crippen LogP contribution < -0.4 is 0 Å². The number of benzene rings is 1. The number of ketones is 1. The number of alkyl halides is 5. The summed E-state index contributed by atoms with van der Waals surface area (Å²) in [4.78, 5) is 11.5. The third kappa shape index (κ3) is 3.21. The fourth-order valence-electron chi connectivity index (χ4n) is 3.08. The first-order chi connectivity index (χ1) is 12.8. The summed E-state index contributed by atoms with van der Waals surface area (Å²) in [5.74, 6) is -7.52. The molecule has 1 aromatic carbocycles. The van der Waals surface area contributed by atoms with E-state index in [1.54, 1.807) is 0 Å². The summed E-state index contributed by atoms with van der Waals surface area (Å²) < 4.78 is 106. The van der Waals surface area contributed by atoms with Crippen LogP contribution in [0, 0.1) is 5.82 Å². The highest BCUT2D eigenvalue weighted by Crippen LogP contribution is 2.40. The van der Waals surface area contributed by atoms with Gasteiger partial charge in [-0.05, 0) is 24.6 Å². The molecule has 0 saturated carbocycles. The van der Waals surface area contributed by atoms with Crippen molar-refractivity contribution in [2.45, 2.75) is 36.8 Å². The Hall–Kier alpha value is -2.30. The number of carbonyl (C=O) groups is 1. The van der Waals surface area contributed by atoms with Crippen LogP contribution in [0.2, 0.25) is 0 Å². The molecule has 1 aromatic heterocycles. The van der Waals surface area contributed by atoms with Crippen molar-refractivity contribution in [3.8, 4) is 5.69 Å². The SMILES string of the molecule is CCS(=O)(=O)c1cn(-c2ccc(F)c(C(F)(F)F)c2)c2c1C(=O)C(F)(F)CC2. The van der Waals surface area contributed by atoms with Crippen LogP contribution in [0.3, 0.4) is 0 Å². The maximum atomic E-state index is 13.9. The average molecular weight is 425 g/mol. The number of hydrogen-bond acceptors (Lipinski definition) is 3. The van der Waals surface area contributed by atoms with Gasteiger partial charge < -0.3 is 4.57 Å². The Bertz CT molecular complexity index is 1070. The van der Waals surface area contributed by atoms with E-state index in [1.807, 2.05) is 0 Å². The zero-order chi connectivity index (χ0) is 21.1. The van der Waals surface area contributed by atoms with Gasteiger partial charge in [0.1, 0.15) is 5.82 Å². The van der Waals surface area contributed by atoms with Gasteiger partial charge in [-0.2, -0.15) is 22.0 Å². The van der Waals surface area contributed by atoms with E-state index in [0.717, 1.165) is 16.8 Å². The van der Waals surface area contributed by atoms with Crippen LogP contribution in [-0.4, -0.2) is 30.4 Å². The topological polar surface area (TPSA) is 56.1 Å². The van der Waals surface area contributed by atoms with Crippen molar-refractivity contribution < 1.29 is 39.6 Å². The van der Waals surface area contributed by atoms with Crippen LogP contribution in [0.15, 0.2) is 29.3 Å². The lowest BCUT2D eigenvalue weighted by molar-refractivity contribution is -0.140. The van der Waals surface area contributed by atoms with Gasteiger partial charge in [-0.3, -0.25) is 4.79 Å². The van der Waals surface area contributed by atoms with E-state index in [2.05, 4.69) is 0 Å². The third-order valence-corrected chi connectivity index (χ3v) is 6.30. The van der Waals surface area contributed by atoms with Crippen LogP contribution in [0.25, 0.3) is 5.69 Å². The van der Waals surface area contributed by atoms with Gasteiger partial charge in [-0.1, -0.05) is 6.92 Å². The molecule has 11 heteroatoms. The van der Waals surface area contributed by atoms with Crippen molar-refractivity contribution in [1.82, 2.24) is 4.57 Å². The molecule has 28 heavy (non-hydrogen) atoms. The minimum atomic E-state index is -5.02. The van der Waals surface area contributed by atoms with Crippen LogP contribution in [-0.2, 0) is 22.4 Å². The smallest absolute Gasteiger partial charge is 0.319 e. The molecule has 0 bridgehead atoms. The highest BCUT2D eigenvalue weighted by atomic mass is 32.2. The molecule has 4 nitrogen and oxygen atoms in total. The second-order valence-electron chi connectivity index (χ2n) is 6.28. The van der Waals surface area contributed by atoms with Crippen molar-refractivity contribution >= 4 is 15.6 Å². The molecule has 0 fully saturated rings. The second kappa shape index (κ2) is 6.36. The van der Waals surface area contributed by atoms with Gasteiger partial charge in [0.25, 0.3) is 0 Å². The molecule has 0 atom stereocenters. The van der Waals surface area contributed by atoms with Crippen molar-refractivity contribution in [2.24, 2.45) is 0 Å². The quantitative estimate of drug-likeness (QED) is 0.693. The highest BCUT2D eigenvalue weighted by molar-refractivity contribution is 7.91. The molecule has 0 spiro atoms. The summed E-state index contributed by atoms with van der Waals surface area (Å²) in [7, 11) is -4.13. The lowest BCUT2D eigenvalue weighted by atomic mass is 9.93. The van der Waals surface area contributed by atoms with E-state index in [-0.39, 0.29) is 11.4 Å². The Morgan fingerprint density at radius 2 is 1.86 bits per heavy atom. The number of hydrogen-bond donors (Lipinski definition) is 0. The molecule has 2 aromatic rings. The first-order valence-corrected chi connectivity index (χ1v) is 9.71. The first kappa shape index (κ1) is 20.4. The molecule has 0 radical (unpaired) electrons. The molecule has 0 amide bonds. The molecule has 0 saturated heterocycles. The van der Waals surface area contributed by atoms with E-state index in [1.165, 1.54) is 6.92 Å². The fourth-order valence-corrected chi connectivity index (χ4v) is 4.18. The Labute approximate surface area is 155 Å². The average Bonchev–Trinajstić information content (AvgIpc) is 2.98. The summed E-state index contributed by atoms with van der Waals surface area (Å²) >= 11 is 0. The van der Waals surface area contributed by atoms with E-state index in [0.29, 0.717) is 12.1 Å². The summed E-state index contributed by atoms with van der Waals surface area (Å²) in [5, 5.41) is 0. The predicted octanol–water partition coefficient (Wildman–Crippen LogP) is 4.19. The molecule has 1 heterocycles. The molecule has 3 rings (SSSR count). The number of halogens is 6. The van der Waals surface area contributed by atoms with Gasteiger partial charge in [0.15, 0.2) is 9.84 Å². The summed E-state index contributed by atoms with van der Waals surface area (Å²) in [6, 6.07) is 1.93. The van der Waals surface area contributed by atoms with Gasteiger partial charge in [0, 0.05) is 24.0 Å². The molecule has 0 N–H and O–H groups in total. The molecule has 1 aliphatic carbocycles. The number of sulfone groups is 1. The lowest BCUT2D eigenvalue weighted by Crippen LogP contribution is -2.35. The van der Waals surface area contributed by atoms with E-state index in [9.17, 15) is 39.6 Å². The van der Waals surface area contributed by atoms with E-state index in [4.69, 9.17) is 0 Å². The molecular formula is C17H13F6NO3S. The Morgan fingerprint density at radius 3 is 2.43 bits per heavy atom. The second-order valence-corrected chi connectivity index (χ2v) is 8.53. The maximum absolute atomic E-state index is 13.9. The monoisotopic (exact) mass is 425 g/mol. The zero-order valence-electron chi connectivity index (χ0n) is 14.3. The number of Topliss-reactive ketones (excluding diaryl/α,β-unsaturated/α-hetero) is 1. The number of aromatic nitrogens is 1. The maximum Gasteiger partial charge on any atom is 0.419 e. The summed E-state index contributed by atoms with van der Waals surface area (Å²) in [6.07, 6.45) is -5.53. The Balaban J connectivity index is 2.31. The number of nitrogens with zero attached hydrogens (tertiary/aromatic N) is 1. The Kier molecular flexibility index (Phi) is 4.64. The number of fused-ring (bicyclic) bond motifs is 1. The van der Waals surface area contributed by atoms with E-state index < -0.39 is 68.2 Å². The molecule has 0 aliphatic heterocycles. The number of rotatable bonds is 3. The van der Waals surface area contributed by atoms with Crippen molar-refractivity contribution in [3.63, 3.8) is 0 Å². The first-order valence-electron chi connectivity index (χ1n) is 8.06. The normalized spacial score (nSPS) is 16.9. The summed E-state index contributed by atoms with van der Waals surface area (Å²) in [5.41, 5.74) is -2.76. The predicted molar refractivity (Wildman–Crippen MR) is 86.1 cm³/mol. The van der Waals surface area contributed by atoms with E-state index >= 15 is 0 Å². The minimum absolute atomic E-state index is 0.150. The van der Waals surface area contributed by atoms with Gasteiger partial charge in [-0.15, -0.1) is 0 Å². The molecule has 152 valence electrons. The number of carbonyl (C=O) groups excluding carboxylic acids is 1. The summed E-state index contributed by atoms with van der Waals surface area (Å²) in [6.45, 7) is 1.24. The standard InChI is InChI=1S/C17H13F6NO3S/c1-2-28(26,27)13-8-24(12-5-6-16(19,20)15(25)14(12)13)9-3-4-11(18)10(7-9)17(21,22)23/h3-4,7-8H,2,5-6H2,1H3. The van der Waals surface area contributed by atoms with Gasteiger partial charge in [-0.25, -0.2) is 12.8 Å². The fraction of sp³-hybridized carbons (Fsp3) is 0.353. The van der Waals surface area contributed by atoms with Crippen LogP contribution in [0.4, 0.5) is 26.3 Å². The van der Waals surface area contributed by atoms with Crippen LogP contribution >= 0.6 is 0 Å². The lowest BCUT2D eigenvalue weighted by Gasteiger charge is -2.23. The van der Waals surface area contributed by atoms with Crippen molar-refractivity contribution in [2.75, 3.05) is 5.75 Å². The molecule has 0 unspecified atom stereocenters. The highest BCUT2D eigenvalue weighted by Gasteiger charge is 2.47. The van der Waals surface area contributed by atoms with Crippen molar-refractivity contribution in [3.05, 3.63) is 47.0 Å². The third-order valence-electron chi connectivity index (χ3n) is 4.56. The zero-order valence-corrected chi connectivity index (χ0v) is 15.1. The van der Waals surface area contributed by atoms with Crippen molar-refractivity contribution in [1.29, 1.82) is 0 Å². The van der Waals surface area contributed by atoms with Gasteiger partial charge in [0.05, 0.1) is 21.8 Å². The Morgan fingerprint density at radius 1 is 1.21 bits per heavy atom. The van der Waals surface area contributed by atoms with Crippen LogP contribution in [0.5, 0.6) is 0 Å². The largest absolute Gasteiger partial charge is 0.419 e. The van der Waals surface area contributed by atoms with Crippen LogP contribution in [0.1, 0.15) is 35.0 Å². The minimum Gasteiger partial charge on any atom is -0.319 e. The molecule has 1 aliphatic rings. The van der Waals surface area contributed by atoms with Gasteiger partial charge >= 0.3 is 12.1 Å². The molecular weight excluding hydrogens is 412 g/mol. The van der Waals surface area contributed by atoms with Gasteiger partial charge in [0.2, 0.25) is 5.78 Å².